The Hall–Kier alpha value is -3.65. The summed E-state index contributed by atoms with van der Waals surface area (Å²) in [7, 11) is 1.54. The Kier molecular flexibility index (Phi) is 5.99. The lowest BCUT2D eigenvalue weighted by molar-refractivity contribution is -0.130. The number of amides is 4. The van der Waals surface area contributed by atoms with Crippen molar-refractivity contribution in [3.63, 3.8) is 0 Å². The average molecular weight is 421 g/mol. The van der Waals surface area contributed by atoms with Crippen LogP contribution in [0.15, 0.2) is 54.1 Å². The minimum Gasteiger partial charge on any atom is -0.496 e. The van der Waals surface area contributed by atoms with E-state index in [0.29, 0.717) is 24.5 Å². The first-order valence-electron chi connectivity index (χ1n) is 10.0. The van der Waals surface area contributed by atoms with Crippen molar-refractivity contribution in [2.24, 2.45) is 0 Å². The van der Waals surface area contributed by atoms with E-state index in [9.17, 15) is 14.4 Å². The number of carbonyl (C=O) groups is 3. The van der Waals surface area contributed by atoms with E-state index < -0.39 is 17.8 Å². The van der Waals surface area contributed by atoms with E-state index in [1.807, 2.05) is 42.5 Å². The van der Waals surface area contributed by atoms with Crippen molar-refractivity contribution in [2.45, 2.75) is 6.54 Å². The maximum absolute atomic E-state index is 13.0. The fourth-order valence-corrected chi connectivity index (χ4v) is 3.60. The number of benzene rings is 2. The number of barbiturate groups is 1. The molecule has 2 aromatic carbocycles. The maximum atomic E-state index is 13.0. The van der Waals surface area contributed by atoms with Gasteiger partial charge in [-0.1, -0.05) is 30.3 Å². The molecule has 0 radical (unpaired) electrons. The average Bonchev–Trinajstić information content (AvgIpc) is 2.80. The summed E-state index contributed by atoms with van der Waals surface area (Å²) in [6.07, 6.45) is 1.46. The van der Waals surface area contributed by atoms with Crippen LogP contribution in [0.5, 0.6) is 5.75 Å². The van der Waals surface area contributed by atoms with Gasteiger partial charge >= 0.3 is 6.03 Å². The first kappa shape index (κ1) is 20.6. The zero-order valence-electron chi connectivity index (χ0n) is 17.2. The number of nitrogens with zero attached hydrogens (tertiary/aromatic N) is 2. The second-order valence-electron chi connectivity index (χ2n) is 7.22. The van der Waals surface area contributed by atoms with E-state index >= 15 is 0 Å². The van der Waals surface area contributed by atoms with Gasteiger partial charge < -0.3 is 14.4 Å². The molecule has 2 fully saturated rings. The molecule has 1 N–H and O–H groups in total. The summed E-state index contributed by atoms with van der Waals surface area (Å²) in [5.74, 6) is -0.834. The van der Waals surface area contributed by atoms with Crippen molar-refractivity contribution in [2.75, 3.05) is 38.3 Å². The molecule has 0 unspecified atom stereocenters. The molecule has 2 aromatic rings. The summed E-state index contributed by atoms with van der Waals surface area (Å²) in [6, 6.07) is 14.0. The van der Waals surface area contributed by atoms with E-state index in [4.69, 9.17) is 9.47 Å². The lowest BCUT2D eigenvalue weighted by Crippen LogP contribution is -2.53. The van der Waals surface area contributed by atoms with Crippen LogP contribution in [0.3, 0.4) is 0 Å². The van der Waals surface area contributed by atoms with Crippen molar-refractivity contribution >= 4 is 29.6 Å². The molecule has 4 amide bonds. The summed E-state index contributed by atoms with van der Waals surface area (Å²) < 4.78 is 10.9. The van der Waals surface area contributed by atoms with Crippen LogP contribution in [0.1, 0.15) is 11.1 Å². The number of hydrogen-bond donors (Lipinski definition) is 1. The van der Waals surface area contributed by atoms with Gasteiger partial charge in [-0.05, 0) is 23.8 Å². The van der Waals surface area contributed by atoms with Crippen LogP contribution in [0.4, 0.5) is 10.5 Å². The van der Waals surface area contributed by atoms with Gasteiger partial charge in [0.05, 0.1) is 26.9 Å². The van der Waals surface area contributed by atoms with E-state index in [1.165, 1.54) is 13.2 Å². The minimum atomic E-state index is -0.731. The molecule has 160 valence electrons. The highest BCUT2D eigenvalue weighted by atomic mass is 16.5. The van der Waals surface area contributed by atoms with Gasteiger partial charge in [0.25, 0.3) is 11.8 Å². The van der Waals surface area contributed by atoms with E-state index in [1.54, 1.807) is 6.07 Å². The molecule has 0 saturated carbocycles. The second kappa shape index (κ2) is 9.01. The number of morpholine rings is 1. The predicted octanol–water partition coefficient (Wildman–Crippen LogP) is 2.19. The fraction of sp³-hybridized carbons (Fsp3) is 0.261. The highest BCUT2D eigenvalue weighted by Gasteiger charge is 2.35. The van der Waals surface area contributed by atoms with Gasteiger partial charge in [0.1, 0.15) is 11.3 Å². The SMILES string of the molecule is COc1cc(N2CCOCC2)ccc1/C=C1/C(=O)NC(=O)N(Cc2ccccc2)C1=O. The third-order valence-corrected chi connectivity index (χ3v) is 5.26. The normalized spacial score (nSPS) is 18.4. The zero-order chi connectivity index (χ0) is 21.8. The van der Waals surface area contributed by atoms with E-state index in [-0.39, 0.29) is 12.1 Å². The Bertz CT molecular complexity index is 1030. The molecule has 0 aromatic heterocycles. The largest absolute Gasteiger partial charge is 0.496 e. The van der Waals surface area contributed by atoms with Gasteiger partial charge in [0.2, 0.25) is 0 Å². The summed E-state index contributed by atoms with van der Waals surface area (Å²) in [5.41, 5.74) is 2.22. The lowest BCUT2D eigenvalue weighted by atomic mass is 10.0. The molecule has 0 atom stereocenters. The molecule has 8 nitrogen and oxygen atoms in total. The van der Waals surface area contributed by atoms with E-state index in [2.05, 4.69) is 10.2 Å². The van der Waals surface area contributed by atoms with Crippen LogP contribution < -0.4 is 15.0 Å². The number of rotatable bonds is 5. The Morgan fingerprint density at radius 2 is 1.81 bits per heavy atom. The number of imide groups is 2. The Balaban J connectivity index is 1.62. The van der Waals surface area contributed by atoms with Gasteiger partial charge in [-0.25, -0.2) is 4.79 Å². The van der Waals surface area contributed by atoms with Crippen LogP contribution in [-0.2, 0) is 20.9 Å². The van der Waals surface area contributed by atoms with Gasteiger partial charge in [0, 0.05) is 30.4 Å². The van der Waals surface area contributed by atoms with Crippen molar-refractivity contribution in [1.29, 1.82) is 0 Å². The molecule has 0 bridgehead atoms. The monoisotopic (exact) mass is 421 g/mol. The Morgan fingerprint density at radius 1 is 1.06 bits per heavy atom. The van der Waals surface area contributed by atoms with Crippen molar-refractivity contribution in [3.05, 3.63) is 65.2 Å². The number of carbonyl (C=O) groups excluding carboxylic acids is 3. The molecule has 0 aliphatic carbocycles. The second-order valence-corrected chi connectivity index (χ2v) is 7.22. The number of nitrogens with one attached hydrogen (secondary N) is 1. The molecule has 2 heterocycles. The van der Waals surface area contributed by atoms with Gasteiger partial charge in [-0.15, -0.1) is 0 Å². The first-order valence-corrected chi connectivity index (χ1v) is 10.0. The molecular weight excluding hydrogens is 398 g/mol. The number of methoxy groups -OCH3 is 1. The van der Waals surface area contributed by atoms with Crippen molar-refractivity contribution in [1.82, 2.24) is 10.2 Å². The molecule has 2 aliphatic rings. The van der Waals surface area contributed by atoms with Crippen LogP contribution in [-0.4, -0.2) is 56.2 Å². The minimum absolute atomic E-state index is 0.0726. The number of hydrogen-bond acceptors (Lipinski definition) is 6. The van der Waals surface area contributed by atoms with Crippen molar-refractivity contribution < 1.29 is 23.9 Å². The summed E-state index contributed by atoms with van der Waals surface area (Å²) in [5, 5.41) is 2.25. The van der Waals surface area contributed by atoms with Crippen LogP contribution in [0.2, 0.25) is 0 Å². The third kappa shape index (κ3) is 4.44. The molecule has 4 rings (SSSR count). The van der Waals surface area contributed by atoms with E-state index in [0.717, 1.165) is 29.2 Å². The van der Waals surface area contributed by atoms with Gasteiger partial charge in [-0.3, -0.25) is 19.8 Å². The van der Waals surface area contributed by atoms with Crippen LogP contribution in [0, 0.1) is 0 Å². The third-order valence-electron chi connectivity index (χ3n) is 5.26. The summed E-state index contributed by atoms with van der Waals surface area (Å²) in [4.78, 5) is 40.9. The first-order chi connectivity index (χ1) is 15.1. The topological polar surface area (TPSA) is 88.2 Å². The molecule has 8 heteroatoms. The van der Waals surface area contributed by atoms with Gasteiger partial charge in [-0.2, -0.15) is 0 Å². The summed E-state index contributed by atoms with van der Waals surface area (Å²) >= 11 is 0. The Labute approximate surface area is 180 Å². The fourth-order valence-electron chi connectivity index (χ4n) is 3.60. The molecule has 0 spiro atoms. The number of urea groups is 1. The highest BCUT2D eigenvalue weighted by molar-refractivity contribution is 6.31. The lowest BCUT2D eigenvalue weighted by Gasteiger charge is -2.29. The predicted molar refractivity (Wildman–Crippen MR) is 115 cm³/mol. The maximum Gasteiger partial charge on any atom is 0.331 e. The molecule has 2 aliphatic heterocycles. The zero-order valence-corrected chi connectivity index (χ0v) is 17.2. The quantitative estimate of drug-likeness (QED) is 0.588. The van der Waals surface area contributed by atoms with Crippen molar-refractivity contribution in [3.8, 4) is 5.75 Å². The Morgan fingerprint density at radius 3 is 2.52 bits per heavy atom. The van der Waals surface area contributed by atoms with Crippen LogP contribution in [0.25, 0.3) is 6.08 Å². The highest BCUT2D eigenvalue weighted by Crippen LogP contribution is 2.29. The van der Waals surface area contributed by atoms with Gasteiger partial charge in [0.15, 0.2) is 0 Å². The molecular formula is C23H23N3O5. The smallest absolute Gasteiger partial charge is 0.331 e. The summed E-state index contributed by atoms with van der Waals surface area (Å²) in [6.45, 7) is 2.95. The molecule has 2 saturated heterocycles. The van der Waals surface area contributed by atoms with Crippen LogP contribution >= 0.6 is 0 Å². The number of anilines is 1. The standard InChI is InChI=1S/C23H23N3O5/c1-30-20-14-18(25-9-11-31-12-10-25)8-7-17(20)13-19-21(27)24-23(29)26(22(19)28)15-16-5-3-2-4-6-16/h2-8,13-14H,9-12,15H2,1H3,(H,24,27,29)/b19-13-. The molecule has 31 heavy (non-hydrogen) atoms. The number of ether oxygens (including phenoxy) is 2.